The molecule has 0 fully saturated rings. The van der Waals surface area contributed by atoms with Gasteiger partial charge in [0.2, 0.25) is 0 Å². The molecule has 0 spiro atoms. The van der Waals surface area contributed by atoms with Crippen molar-refractivity contribution >= 4 is 12.1 Å². The Labute approximate surface area is 124 Å². The van der Waals surface area contributed by atoms with E-state index in [1.54, 1.807) is 19.2 Å². The molecule has 4 nitrogen and oxygen atoms in total. The van der Waals surface area contributed by atoms with Crippen LogP contribution in [-0.4, -0.2) is 24.3 Å². The summed E-state index contributed by atoms with van der Waals surface area (Å²) in [7, 11) is 1.59. The molecule has 0 unspecified atom stereocenters. The lowest BCUT2D eigenvalue weighted by atomic mass is 10.0. The second kappa shape index (κ2) is 8.53. The first-order valence-corrected chi connectivity index (χ1v) is 6.46. The molecule has 0 atom stereocenters. The molecule has 0 heterocycles. The van der Waals surface area contributed by atoms with Gasteiger partial charge in [-0.2, -0.15) is 0 Å². The fraction of sp³-hybridized carbons (Fsp3) is 0.176. The van der Waals surface area contributed by atoms with Crippen molar-refractivity contribution in [2.24, 2.45) is 0 Å². The quantitative estimate of drug-likeness (QED) is 0.693. The Kier molecular flexibility index (Phi) is 6.68. The van der Waals surface area contributed by atoms with Crippen LogP contribution in [0.5, 0.6) is 11.5 Å². The van der Waals surface area contributed by atoms with Gasteiger partial charge >= 0.3 is 0 Å². The van der Waals surface area contributed by atoms with Crippen molar-refractivity contribution in [1.29, 1.82) is 0 Å². The molecule has 2 aromatic carbocycles. The van der Waals surface area contributed by atoms with E-state index < -0.39 is 0 Å². The number of methoxy groups -OCH3 is 1. The molecule has 21 heavy (non-hydrogen) atoms. The SMILES string of the molecule is CC=O.COc1ccccc1CC(=O)c1ccc(O)cc1. The van der Waals surface area contributed by atoms with Gasteiger partial charge in [-0.3, -0.25) is 4.79 Å². The fourth-order valence-electron chi connectivity index (χ4n) is 1.77. The van der Waals surface area contributed by atoms with Crippen molar-refractivity contribution in [3.05, 3.63) is 59.7 Å². The lowest BCUT2D eigenvalue weighted by Crippen LogP contribution is -2.04. The number of ether oxygens (including phenoxy) is 1. The van der Waals surface area contributed by atoms with E-state index >= 15 is 0 Å². The van der Waals surface area contributed by atoms with Crippen molar-refractivity contribution in [3.63, 3.8) is 0 Å². The normalized spacial score (nSPS) is 9.24. The number of carbonyl (C=O) groups excluding carboxylic acids is 2. The second-order valence-corrected chi connectivity index (χ2v) is 4.19. The summed E-state index contributed by atoms with van der Waals surface area (Å²) in [6.07, 6.45) is 1.04. The Bertz CT molecular complexity index is 588. The molecule has 0 bridgehead atoms. The van der Waals surface area contributed by atoms with Crippen molar-refractivity contribution in [2.45, 2.75) is 13.3 Å². The number of phenols is 1. The maximum Gasteiger partial charge on any atom is 0.167 e. The molecular weight excluding hydrogens is 268 g/mol. The second-order valence-electron chi connectivity index (χ2n) is 4.19. The van der Waals surface area contributed by atoms with Gasteiger partial charge in [-0.15, -0.1) is 0 Å². The highest BCUT2D eigenvalue weighted by atomic mass is 16.5. The van der Waals surface area contributed by atoms with E-state index in [1.165, 1.54) is 19.1 Å². The molecule has 110 valence electrons. The topological polar surface area (TPSA) is 63.6 Å². The molecule has 0 aliphatic heterocycles. The van der Waals surface area contributed by atoms with E-state index in [1.807, 2.05) is 24.3 Å². The Hall–Kier alpha value is -2.62. The Morgan fingerprint density at radius 3 is 2.29 bits per heavy atom. The first-order chi connectivity index (χ1) is 10.1. The van der Waals surface area contributed by atoms with E-state index in [2.05, 4.69) is 0 Å². The zero-order valence-corrected chi connectivity index (χ0v) is 12.1. The molecule has 2 aromatic rings. The number of phenolic OH excluding ortho intramolecular Hbond substituents is 1. The van der Waals surface area contributed by atoms with E-state index in [0.717, 1.165) is 11.8 Å². The van der Waals surface area contributed by atoms with Crippen LogP contribution in [0.3, 0.4) is 0 Å². The number of hydrogen-bond donors (Lipinski definition) is 1. The summed E-state index contributed by atoms with van der Waals surface area (Å²) in [6.45, 7) is 1.44. The summed E-state index contributed by atoms with van der Waals surface area (Å²) in [5.41, 5.74) is 1.44. The van der Waals surface area contributed by atoms with Gasteiger partial charge in [-0.25, -0.2) is 0 Å². The number of para-hydroxylation sites is 1. The van der Waals surface area contributed by atoms with Crippen molar-refractivity contribution in [3.8, 4) is 11.5 Å². The van der Waals surface area contributed by atoms with Gasteiger partial charge in [0.1, 0.15) is 17.8 Å². The van der Waals surface area contributed by atoms with Crippen molar-refractivity contribution in [2.75, 3.05) is 7.11 Å². The number of aldehydes is 1. The molecule has 0 saturated heterocycles. The molecular formula is C17H18O4. The minimum absolute atomic E-state index is 0.000463. The van der Waals surface area contributed by atoms with Gasteiger partial charge < -0.3 is 14.6 Å². The van der Waals surface area contributed by atoms with Gasteiger partial charge in [-0.1, -0.05) is 18.2 Å². The van der Waals surface area contributed by atoms with Gasteiger partial charge in [0.15, 0.2) is 5.78 Å². The predicted octanol–water partition coefficient (Wildman–Crippen LogP) is 3.03. The van der Waals surface area contributed by atoms with Gasteiger partial charge in [0.25, 0.3) is 0 Å². The molecule has 0 aliphatic rings. The zero-order chi connectivity index (χ0) is 15.7. The molecule has 2 rings (SSSR count). The van der Waals surface area contributed by atoms with Crippen LogP contribution in [-0.2, 0) is 11.2 Å². The van der Waals surface area contributed by atoms with Crippen LogP contribution in [0.15, 0.2) is 48.5 Å². The standard InChI is InChI=1S/C15H14O3.C2H4O/c1-18-15-5-3-2-4-12(15)10-14(17)11-6-8-13(16)9-7-11;1-2-3/h2-9,16H,10H2,1H3;2H,1H3. The number of aromatic hydroxyl groups is 1. The van der Waals surface area contributed by atoms with Crippen LogP contribution in [0.25, 0.3) is 0 Å². The van der Waals surface area contributed by atoms with Gasteiger partial charge in [0.05, 0.1) is 7.11 Å². The lowest BCUT2D eigenvalue weighted by Gasteiger charge is -2.07. The molecule has 0 saturated carbocycles. The third-order valence-corrected chi connectivity index (χ3v) is 2.73. The number of hydrogen-bond acceptors (Lipinski definition) is 4. The smallest absolute Gasteiger partial charge is 0.167 e. The van der Waals surface area contributed by atoms with Crippen LogP contribution in [0.4, 0.5) is 0 Å². The first kappa shape index (κ1) is 16.4. The number of ketones is 1. The Balaban J connectivity index is 0.000000677. The largest absolute Gasteiger partial charge is 0.508 e. The maximum atomic E-state index is 12.1. The summed E-state index contributed by atoms with van der Waals surface area (Å²) in [5.74, 6) is 0.868. The number of Topliss-reactive ketones (excluding diaryl/α,β-unsaturated/α-hetero) is 1. The van der Waals surface area contributed by atoms with E-state index in [-0.39, 0.29) is 18.0 Å². The van der Waals surface area contributed by atoms with Crippen molar-refractivity contribution in [1.82, 2.24) is 0 Å². The van der Waals surface area contributed by atoms with Crippen LogP contribution in [0, 0.1) is 0 Å². The Morgan fingerprint density at radius 2 is 1.71 bits per heavy atom. The van der Waals surface area contributed by atoms with E-state index in [0.29, 0.717) is 11.3 Å². The highest BCUT2D eigenvalue weighted by Gasteiger charge is 2.10. The summed E-state index contributed by atoms with van der Waals surface area (Å²) in [4.78, 5) is 20.9. The summed E-state index contributed by atoms with van der Waals surface area (Å²) >= 11 is 0. The minimum Gasteiger partial charge on any atom is -0.508 e. The van der Waals surface area contributed by atoms with Crippen molar-refractivity contribution < 1.29 is 19.4 Å². The van der Waals surface area contributed by atoms with Gasteiger partial charge in [-0.05, 0) is 37.3 Å². The fourth-order valence-corrected chi connectivity index (χ4v) is 1.77. The lowest BCUT2D eigenvalue weighted by molar-refractivity contribution is -0.106. The monoisotopic (exact) mass is 286 g/mol. The summed E-state index contributed by atoms with van der Waals surface area (Å²) in [6, 6.07) is 13.7. The van der Waals surface area contributed by atoms with Crippen LogP contribution in [0.1, 0.15) is 22.8 Å². The number of carbonyl (C=O) groups is 2. The van der Waals surface area contributed by atoms with E-state index in [4.69, 9.17) is 9.53 Å². The van der Waals surface area contributed by atoms with E-state index in [9.17, 15) is 9.90 Å². The van der Waals surface area contributed by atoms with Gasteiger partial charge in [0, 0.05) is 17.5 Å². The molecule has 4 heteroatoms. The third-order valence-electron chi connectivity index (χ3n) is 2.73. The van der Waals surface area contributed by atoms with Crippen LogP contribution >= 0.6 is 0 Å². The molecule has 0 aliphatic carbocycles. The number of rotatable bonds is 4. The summed E-state index contributed by atoms with van der Waals surface area (Å²) in [5, 5.41) is 9.18. The zero-order valence-electron chi connectivity index (χ0n) is 12.1. The molecule has 1 N–H and O–H groups in total. The third kappa shape index (κ3) is 5.10. The molecule has 0 amide bonds. The maximum absolute atomic E-state index is 12.1. The molecule has 0 aromatic heterocycles. The predicted molar refractivity (Wildman–Crippen MR) is 80.9 cm³/mol. The number of benzene rings is 2. The average Bonchev–Trinajstić information content (AvgIpc) is 2.49. The minimum atomic E-state index is -0.000463. The highest BCUT2D eigenvalue weighted by Crippen LogP contribution is 2.20. The van der Waals surface area contributed by atoms with Crippen LogP contribution < -0.4 is 4.74 Å². The first-order valence-electron chi connectivity index (χ1n) is 6.46. The average molecular weight is 286 g/mol. The van der Waals surface area contributed by atoms with Crippen LogP contribution in [0.2, 0.25) is 0 Å². The molecule has 0 radical (unpaired) electrons. The highest BCUT2D eigenvalue weighted by molar-refractivity contribution is 5.97. The Morgan fingerprint density at radius 1 is 1.14 bits per heavy atom. The summed E-state index contributed by atoms with van der Waals surface area (Å²) < 4.78 is 5.21.